The molecule has 0 bridgehead atoms. The second kappa shape index (κ2) is 2.01. The fourth-order valence-corrected chi connectivity index (χ4v) is 0.701. The standard InChI is InChI=1S/C6H10O/c7-6-4-2-1-3-5-6/h4,7H,1-3,5H2/i5T. The summed E-state index contributed by atoms with van der Waals surface area (Å²) in [5.74, 6) is 0.260. The predicted octanol–water partition coefficient (Wildman–Crippen LogP) is 2.00. The summed E-state index contributed by atoms with van der Waals surface area (Å²) in [7, 11) is 0. The van der Waals surface area contributed by atoms with Gasteiger partial charge in [0.1, 0.15) is 0 Å². The van der Waals surface area contributed by atoms with Gasteiger partial charge in [0.2, 0.25) is 0 Å². The average Bonchev–Trinajstić information content (AvgIpc) is 1.77. The van der Waals surface area contributed by atoms with E-state index >= 15 is 0 Å². The molecule has 1 atom stereocenters. The monoisotopic (exact) mass is 100 g/mol. The van der Waals surface area contributed by atoms with Gasteiger partial charge in [0, 0.05) is 7.77 Å². The molecule has 1 nitrogen and oxygen atoms in total. The zero-order chi connectivity index (χ0) is 5.98. The Balaban J connectivity index is 2.53. The van der Waals surface area contributed by atoms with E-state index in [1.165, 1.54) is 0 Å². The SMILES string of the molecule is [3H]C1CCCC=C1O. The number of allylic oxidation sites excluding steroid dienone is 2. The first-order chi connectivity index (χ1) is 3.80. The molecule has 0 fully saturated rings. The summed E-state index contributed by atoms with van der Waals surface area (Å²) in [6.45, 7) is 0. The number of aliphatic hydroxyl groups is 1. The summed E-state index contributed by atoms with van der Waals surface area (Å²) in [5, 5.41) is 8.85. The third kappa shape index (κ3) is 1.22. The second-order valence-corrected chi connectivity index (χ2v) is 1.76. The Kier molecular flexibility index (Phi) is 1.01. The lowest BCUT2D eigenvalue weighted by atomic mass is 10.1. The van der Waals surface area contributed by atoms with Crippen molar-refractivity contribution in [1.29, 1.82) is 0 Å². The van der Waals surface area contributed by atoms with Crippen LogP contribution in [0.2, 0.25) is 0 Å². The molecular weight excluding hydrogens is 88.1 g/mol. The molecule has 0 aliphatic heterocycles. The first-order valence-corrected chi connectivity index (χ1v) is 2.62. The number of aliphatic hydroxyl groups excluding tert-OH is 1. The van der Waals surface area contributed by atoms with Gasteiger partial charge < -0.3 is 5.11 Å². The van der Waals surface area contributed by atoms with E-state index in [0.717, 1.165) is 19.3 Å². The molecule has 0 aromatic rings. The zero-order valence-corrected chi connectivity index (χ0v) is 4.22. The van der Waals surface area contributed by atoms with Crippen LogP contribution in [-0.2, 0) is 0 Å². The Bertz CT molecular complexity index is 109. The van der Waals surface area contributed by atoms with E-state index < -0.39 is 0 Å². The van der Waals surface area contributed by atoms with Gasteiger partial charge in [0.05, 0.1) is 5.76 Å². The van der Waals surface area contributed by atoms with Crippen LogP contribution < -0.4 is 0 Å². The Morgan fingerprint density at radius 2 is 2.57 bits per heavy atom. The van der Waals surface area contributed by atoms with Gasteiger partial charge in [0.15, 0.2) is 0 Å². The number of hydrogen-bond acceptors (Lipinski definition) is 1. The second-order valence-electron chi connectivity index (χ2n) is 1.76. The van der Waals surface area contributed by atoms with Gasteiger partial charge in [-0.25, -0.2) is 0 Å². The highest BCUT2D eigenvalue weighted by Gasteiger charge is 1.97. The van der Waals surface area contributed by atoms with Crippen molar-refractivity contribution in [2.24, 2.45) is 0 Å². The normalized spacial score (nSPS) is 34.0. The Morgan fingerprint density at radius 3 is 3.00 bits per heavy atom. The van der Waals surface area contributed by atoms with Gasteiger partial charge in [-0.3, -0.25) is 0 Å². The largest absolute Gasteiger partial charge is 0.513 e. The molecule has 1 N–H and O–H groups in total. The number of hydrogen-bond donors (Lipinski definition) is 1. The van der Waals surface area contributed by atoms with Crippen molar-refractivity contribution in [2.45, 2.75) is 25.7 Å². The molecule has 40 valence electrons. The molecule has 1 heteroatoms. The minimum atomic E-state index is -0.330. The molecule has 0 amide bonds. The van der Waals surface area contributed by atoms with Crippen molar-refractivity contribution in [3.63, 3.8) is 0 Å². The van der Waals surface area contributed by atoms with E-state index in [0.29, 0.717) is 0 Å². The maximum atomic E-state index is 8.85. The minimum absolute atomic E-state index is 0.260. The zero-order valence-electron chi connectivity index (χ0n) is 5.22. The lowest BCUT2D eigenvalue weighted by Gasteiger charge is -2.04. The van der Waals surface area contributed by atoms with Crippen molar-refractivity contribution < 1.29 is 6.48 Å². The molecule has 1 aliphatic carbocycles. The van der Waals surface area contributed by atoms with Crippen molar-refractivity contribution in [3.8, 4) is 0 Å². The summed E-state index contributed by atoms with van der Waals surface area (Å²) in [6.07, 6.45) is 4.23. The van der Waals surface area contributed by atoms with Gasteiger partial charge in [-0.15, -0.1) is 0 Å². The minimum Gasteiger partial charge on any atom is -0.513 e. The van der Waals surface area contributed by atoms with Crippen molar-refractivity contribution in [1.82, 2.24) is 0 Å². The van der Waals surface area contributed by atoms with Crippen LogP contribution in [0.15, 0.2) is 11.8 Å². The molecule has 7 heavy (non-hydrogen) atoms. The molecule has 0 aromatic heterocycles. The van der Waals surface area contributed by atoms with Crippen molar-refractivity contribution in [2.75, 3.05) is 0 Å². The Hall–Kier alpha value is -0.460. The van der Waals surface area contributed by atoms with Crippen LogP contribution >= 0.6 is 0 Å². The van der Waals surface area contributed by atoms with E-state index in [1.807, 2.05) is 0 Å². The summed E-state index contributed by atoms with van der Waals surface area (Å²) >= 11 is 0. The van der Waals surface area contributed by atoms with E-state index in [9.17, 15) is 0 Å². The lowest BCUT2D eigenvalue weighted by molar-refractivity contribution is 0.368. The van der Waals surface area contributed by atoms with Crippen LogP contribution in [0.3, 0.4) is 0 Å². The lowest BCUT2D eigenvalue weighted by Crippen LogP contribution is -1.88. The first-order valence-electron chi connectivity index (χ1n) is 3.19. The maximum absolute atomic E-state index is 8.85. The fourth-order valence-electron chi connectivity index (χ4n) is 0.701. The molecule has 1 aliphatic rings. The smallest absolute Gasteiger partial charge is 0.0882 e. The quantitative estimate of drug-likeness (QED) is 0.493. The Morgan fingerprint density at radius 1 is 1.71 bits per heavy atom. The van der Waals surface area contributed by atoms with Crippen LogP contribution in [0, 0.1) is 0 Å². The van der Waals surface area contributed by atoms with Crippen LogP contribution in [0.5, 0.6) is 0 Å². The summed E-state index contributed by atoms with van der Waals surface area (Å²) in [5.41, 5.74) is 0. The molecule has 0 spiro atoms. The summed E-state index contributed by atoms with van der Waals surface area (Å²) in [4.78, 5) is 0. The van der Waals surface area contributed by atoms with E-state index in [-0.39, 0.29) is 12.2 Å². The van der Waals surface area contributed by atoms with Crippen LogP contribution in [0.25, 0.3) is 0 Å². The molecular formula is C6H10O. The van der Waals surface area contributed by atoms with E-state index in [4.69, 9.17) is 6.48 Å². The average molecular weight is 100 g/mol. The van der Waals surface area contributed by atoms with Gasteiger partial charge in [-0.1, -0.05) is 0 Å². The highest BCUT2D eigenvalue weighted by atomic mass is 16.3. The molecule has 0 aromatic carbocycles. The van der Waals surface area contributed by atoms with Crippen molar-refractivity contribution >= 4 is 0 Å². The van der Waals surface area contributed by atoms with Gasteiger partial charge >= 0.3 is 0 Å². The van der Waals surface area contributed by atoms with Gasteiger partial charge in [-0.2, -0.15) is 0 Å². The predicted molar refractivity (Wildman–Crippen MR) is 29.2 cm³/mol. The highest BCUT2D eigenvalue weighted by Crippen LogP contribution is 2.13. The fraction of sp³-hybridized carbons (Fsp3) is 0.667. The maximum Gasteiger partial charge on any atom is 0.0882 e. The third-order valence-electron chi connectivity index (χ3n) is 1.12. The van der Waals surface area contributed by atoms with Crippen LogP contribution in [0.1, 0.15) is 27.0 Å². The third-order valence-corrected chi connectivity index (χ3v) is 1.12. The van der Waals surface area contributed by atoms with Crippen LogP contribution in [0.4, 0.5) is 0 Å². The first kappa shape index (κ1) is 3.53. The van der Waals surface area contributed by atoms with Gasteiger partial charge in [-0.05, 0) is 25.3 Å². The molecule has 0 heterocycles. The highest BCUT2D eigenvalue weighted by molar-refractivity contribution is 4.93. The molecule has 1 unspecified atom stereocenters. The molecule has 0 saturated carbocycles. The Labute approximate surface area is 45.1 Å². The molecule has 0 radical (unpaired) electrons. The molecule has 1 rings (SSSR count). The van der Waals surface area contributed by atoms with E-state index in [2.05, 4.69) is 0 Å². The van der Waals surface area contributed by atoms with Crippen molar-refractivity contribution in [3.05, 3.63) is 11.8 Å². The van der Waals surface area contributed by atoms with Gasteiger partial charge in [0.25, 0.3) is 0 Å². The topological polar surface area (TPSA) is 20.2 Å². The molecule has 0 saturated heterocycles. The van der Waals surface area contributed by atoms with Crippen LogP contribution in [-0.4, -0.2) is 5.11 Å². The van der Waals surface area contributed by atoms with E-state index in [1.54, 1.807) is 6.08 Å². The summed E-state index contributed by atoms with van der Waals surface area (Å²) < 4.78 is 7.16. The summed E-state index contributed by atoms with van der Waals surface area (Å²) in [6, 6.07) is 0. The number of rotatable bonds is 0.